The Balaban J connectivity index is 1.26. The minimum atomic E-state index is -0.0810. The van der Waals surface area contributed by atoms with Crippen molar-refractivity contribution in [3.05, 3.63) is 179 Å². The molecule has 3 heterocycles. The molecule has 0 fully saturated rings. The van der Waals surface area contributed by atoms with Crippen LogP contribution in [-0.2, 0) is 10.8 Å². The summed E-state index contributed by atoms with van der Waals surface area (Å²) in [6, 6.07) is 57.2. The molecule has 1 aliphatic carbocycles. The Hall–Kier alpha value is -6.32. The van der Waals surface area contributed by atoms with Crippen LogP contribution in [0.4, 0.5) is 11.4 Å². The van der Waals surface area contributed by atoms with E-state index in [1.807, 2.05) is 0 Å². The molecule has 1 unspecified atom stereocenters. The predicted octanol–water partition coefficient (Wildman–Crippen LogP) is 13.4. The van der Waals surface area contributed by atoms with Gasteiger partial charge in [-0.2, -0.15) is 0 Å². The van der Waals surface area contributed by atoms with Gasteiger partial charge in [-0.3, -0.25) is 0 Å². The van der Waals surface area contributed by atoms with Crippen molar-refractivity contribution in [1.29, 1.82) is 0 Å². The number of nitrogens with zero attached hydrogens (tertiary/aromatic N) is 1. The van der Waals surface area contributed by atoms with Crippen LogP contribution in [0, 0.1) is 0 Å². The van der Waals surface area contributed by atoms with Crippen molar-refractivity contribution in [3.63, 3.8) is 0 Å². The summed E-state index contributed by atoms with van der Waals surface area (Å²) in [6.07, 6.45) is 0. The third kappa shape index (κ3) is 4.62. The number of furan rings is 1. The molecule has 1 aromatic heterocycles. The largest absolute Gasteiger partial charge is 0.456 e. The highest BCUT2D eigenvalue weighted by Crippen LogP contribution is 2.56. The molecule has 0 saturated heterocycles. The second-order valence-electron chi connectivity index (χ2n) is 18.9. The maximum Gasteiger partial charge on any atom is 0.329 e. The third-order valence-electron chi connectivity index (χ3n) is 13.4. The molecule has 9 aromatic rings. The van der Waals surface area contributed by atoms with Crippen LogP contribution in [0.15, 0.2) is 156 Å². The highest BCUT2D eigenvalue weighted by atomic mass is 16.3. The van der Waals surface area contributed by atoms with E-state index in [0.717, 1.165) is 11.2 Å². The first-order chi connectivity index (χ1) is 28.0. The Bertz CT molecular complexity index is 3190. The second-order valence-corrected chi connectivity index (χ2v) is 18.9. The maximum atomic E-state index is 7.13. The quantitative estimate of drug-likeness (QED) is 0.164. The average Bonchev–Trinajstić information content (AvgIpc) is 3.77. The van der Waals surface area contributed by atoms with E-state index in [4.69, 9.17) is 4.42 Å². The summed E-state index contributed by atoms with van der Waals surface area (Å²) in [5.41, 5.74) is 21.8. The van der Waals surface area contributed by atoms with Gasteiger partial charge in [0, 0.05) is 39.2 Å². The van der Waals surface area contributed by atoms with Crippen LogP contribution in [0.2, 0.25) is 0 Å². The lowest BCUT2D eigenvalue weighted by Crippen LogP contribution is -2.62. The number of anilines is 2. The van der Waals surface area contributed by atoms with Gasteiger partial charge in [-0.25, -0.2) is 0 Å². The van der Waals surface area contributed by atoms with Gasteiger partial charge in [0.15, 0.2) is 0 Å². The lowest BCUT2D eigenvalue weighted by Gasteiger charge is -2.44. The van der Waals surface area contributed by atoms with Gasteiger partial charge in [0.25, 0.3) is 0 Å². The van der Waals surface area contributed by atoms with Gasteiger partial charge in [-0.15, -0.1) is 0 Å². The zero-order chi connectivity index (χ0) is 39.2. The zero-order valence-corrected chi connectivity index (χ0v) is 33.9. The molecule has 0 spiro atoms. The van der Waals surface area contributed by atoms with Crippen molar-refractivity contribution in [2.24, 2.45) is 0 Å². The van der Waals surface area contributed by atoms with Crippen molar-refractivity contribution >= 4 is 61.9 Å². The van der Waals surface area contributed by atoms with Crippen molar-refractivity contribution in [3.8, 4) is 33.4 Å². The van der Waals surface area contributed by atoms with E-state index in [9.17, 15) is 0 Å². The summed E-state index contributed by atoms with van der Waals surface area (Å²) in [5, 5.41) is 4.89. The maximum absolute atomic E-state index is 7.13. The Morgan fingerprint density at radius 3 is 2.00 bits per heavy atom. The molecule has 8 aromatic carbocycles. The Morgan fingerprint density at radius 2 is 1.22 bits per heavy atom. The minimum absolute atomic E-state index is 0.0197. The van der Waals surface area contributed by atoms with Gasteiger partial charge in [-0.05, 0) is 113 Å². The van der Waals surface area contributed by atoms with Gasteiger partial charge in [0.2, 0.25) is 0 Å². The van der Waals surface area contributed by atoms with Gasteiger partial charge in [0.05, 0.1) is 0 Å². The molecule has 2 nitrogen and oxygen atoms in total. The first kappa shape index (κ1) is 33.8. The molecular formula is C55H44BNO. The van der Waals surface area contributed by atoms with Crippen LogP contribution in [0.1, 0.15) is 75.3 Å². The second kappa shape index (κ2) is 11.6. The number of para-hydroxylation sites is 1. The summed E-state index contributed by atoms with van der Waals surface area (Å²) in [7, 11) is 0. The van der Waals surface area contributed by atoms with Gasteiger partial charge in [-0.1, -0.05) is 163 Å². The fourth-order valence-electron chi connectivity index (χ4n) is 10.6. The standard InChI is InChI=1S/C55H44BNO/c1-54(2,3)35-23-26-40-41(28-35)42-29-36(55(4,5)6)30-45-49(42)50(40)51-52-44(31-43-39-18-12-13-19-47(39)58-53(43)51)48-38-17-11-10-16-34(38)22-27-46(48)57(56(45)52)37-24-20-33(21-25-37)32-14-8-7-9-15-32/h7-31,50H,1-6H3. The number of benzene rings is 8. The van der Waals surface area contributed by atoms with Gasteiger partial charge in [0.1, 0.15) is 11.2 Å². The summed E-state index contributed by atoms with van der Waals surface area (Å²) < 4.78 is 7.13. The molecule has 58 heavy (non-hydrogen) atoms. The Labute approximate surface area is 340 Å². The van der Waals surface area contributed by atoms with Crippen LogP contribution < -0.4 is 15.7 Å². The summed E-state index contributed by atoms with van der Waals surface area (Å²) in [6.45, 7) is 14.0. The van der Waals surface area contributed by atoms with E-state index in [-0.39, 0.29) is 23.6 Å². The van der Waals surface area contributed by atoms with Gasteiger partial charge >= 0.3 is 6.85 Å². The molecule has 2 aliphatic heterocycles. The SMILES string of the molecule is CC(C)(C)c1ccc2c(c1)-c1cc(C(C)(C)C)cc3c1C2c1c2c(cc4c1oc1ccccc14)-c1c(ccc4ccccc14)N(c1ccc(-c4ccccc4)cc1)B32. The van der Waals surface area contributed by atoms with Crippen LogP contribution in [0.3, 0.4) is 0 Å². The van der Waals surface area contributed by atoms with E-state index in [2.05, 4.69) is 198 Å². The fraction of sp³-hybridized carbons (Fsp3) is 0.164. The predicted molar refractivity (Wildman–Crippen MR) is 246 cm³/mol. The van der Waals surface area contributed by atoms with Crippen molar-refractivity contribution in [2.75, 3.05) is 4.81 Å². The molecule has 0 bridgehead atoms. The average molecular weight is 746 g/mol. The topological polar surface area (TPSA) is 16.4 Å². The number of hydrogen-bond donors (Lipinski definition) is 0. The normalized spacial score (nSPS) is 15.2. The molecule has 1 atom stereocenters. The number of fused-ring (bicyclic) bond motifs is 13. The summed E-state index contributed by atoms with van der Waals surface area (Å²) >= 11 is 0. The monoisotopic (exact) mass is 745 g/mol. The molecule has 278 valence electrons. The number of hydrogen-bond acceptors (Lipinski definition) is 2. The molecule has 3 heteroatoms. The minimum Gasteiger partial charge on any atom is -0.456 e. The molecule has 0 saturated carbocycles. The lowest BCUT2D eigenvalue weighted by atomic mass is 9.39. The van der Waals surface area contributed by atoms with Crippen molar-refractivity contribution < 1.29 is 4.42 Å². The van der Waals surface area contributed by atoms with Crippen molar-refractivity contribution in [1.82, 2.24) is 0 Å². The van der Waals surface area contributed by atoms with E-state index < -0.39 is 0 Å². The van der Waals surface area contributed by atoms with Crippen LogP contribution in [0.5, 0.6) is 0 Å². The van der Waals surface area contributed by atoms with Crippen LogP contribution in [-0.4, -0.2) is 6.85 Å². The smallest absolute Gasteiger partial charge is 0.329 e. The Kier molecular flexibility index (Phi) is 6.78. The van der Waals surface area contributed by atoms with E-state index in [1.165, 1.54) is 105 Å². The van der Waals surface area contributed by atoms with Crippen LogP contribution in [0.25, 0.3) is 66.1 Å². The van der Waals surface area contributed by atoms with Gasteiger partial charge < -0.3 is 9.23 Å². The van der Waals surface area contributed by atoms with E-state index in [0.29, 0.717) is 0 Å². The zero-order valence-electron chi connectivity index (χ0n) is 33.9. The first-order valence-electron chi connectivity index (χ1n) is 20.8. The van der Waals surface area contributed by atoms with E-state index >= 15 is 0 Å². The van der Waals surface area contributed by atoms with Crippen molar-refractivity contribution in [2.45, 2.75) is 58.3 Å². The van der Waals surface area contributed by atoms with E-state index in [1.54, 1.807) is 0 Å². The molecule has 0 N–H and O–H groups in total. The highest BCUT2D eigenvalue weighted by molar-refractivity contribution is 6.92. The fourth-order valence-corrected chi connectivity index (χ4v) is 10.6. The summed E-state index contributed by atoms with van der Waals surface area (Å²) in [5.74, 6) is 0.0381. The highest BCUT2D eigenvalue weighted by Gasteiger charge is 2.51. The van der Waals surface area contributed by atoms with Crippen LogP contribution >= 0.6 is 0 Å². The Morgan fingerprint density at radius 1 is 0.534 bits per heavy atom. The third-order valence-corrected chi connectivity index (χ3v) is 13.4. The number of rotatable bonds is 2. The summed E-state index contributed by atoms with van der Waals surface area (Å²) in [4.78, 5) is 2.67. The molecule has 0 radical (unpaired) electrons. The lowest BCUT2D eigenvalue weighted by molar-refractivity contribution is 0.589. The molecule has 0 amide bonds. The molecular weight excluding hydrogens is 701 g/mol. The molecule has 3 aliphatic rings. The molecule has 12 rings (SSSR count). The first-order valence-corrected chi connectivity index (χ1v) is 20.8.